The number of nitrogens with one attached hydrogen (secondary N) is 1. The summed E-state index contributed by atoms with van der Waals surface area (Å²) in [5.41, 5.74) is 0.951. The van der Waals surface area contributed by atoms with E-state index < -0.39 is 0 Å². The van der Waals surface area contributed by atoms with Gasteiger partial charge < -0.3 is 4.74 Å². The van der Waals surface area contributed by atoms with Crippen molar-refractivity contribution in [2.45, 2.75) is 19.8 Å². The second-order valence-electron chi connectivity index (χ2n) is 4.43. The van der Waals surface area contributed by atoms with Crippen LogP contribution in [-0.2, 0) is 4.79 Å². The molecule has 1 aromatic carbocycles. The number of carbonyl (C=O) groups is 1. The van der Waals surface area contributed by atoms with Crippen LogP contribution >= 0.6 is 11.3 Å². The van der Waals surface area contributed by atoms with Crippen molar-refractivity contribution in [2.24, 2.45) is 0 Å². The summed E-state index contributed by atoms with van der Waals surface area (Å²) in [5.74, 6) is 0.668. The van der Waals surface area contributed by atoms with Crippen molar-refractivity contribution in [3.8, 4) is 5.75 Å². The van der Waals surface area contributed by atoms with Crippen LogP contribution in [0.2, 0.25) is 0 Å². The Balaban J connectivity index is 1.84. The Hall–Kier alpha value is -2.14. The van der Waals surface area contributed by atoms with Gasteiger partial charge in [-0.25, -0.2) is 4.98 Å². The molecule has 5 heteroatoms. The van der Waals surface area contributed by atoms with Gasteiger partial charge in [-0.05, 0) is 30.2 Å². The minimum atomic E-state index is -0.187. The second-order valence-corrected chi connectivity index (χ2v) is 5.33. The van der Waals surface area contributed by atoms with E-state index in [-0.39, 0.29) is 5.91 Å². The maximum atomic E-state index is 11.7. The minimum Gasteiger partial charge on any atom is -0.494 e. The SMILES string of the molecule is CCCCOc1ccc(C=CC(=O)Nc2nccs2)cc1. The summed E-state index contributed by atoms with van der Waals surface area (Å²) in [7, 11) is 0. The Morgan fingerprint density at radius 1 is 1.38 bits per heavy atom. The van der Waals surface area contributed by atoms with Crippen LogP contribution in [0.5, 0.6) is 5.75 Å². The molecule has 0 aliphatic heterocycles. The number of ether oxygens (including phenoxy) is 1. The smallest absolute Gasteiger partial charge is 0.250 e. The van der Waals surface area contributed by atoms with Gasteiger partial charge in [0.15, 0.2) is 5.13 Å². The lowest BCUT2D eigenvalue weighted by Gasteiger charge is -2.04. The van der Waals surface area contributed by atoms with Crippen LogP contribution < -0.4 is 10.1 Å². The number of benzene rings is 1. The zero-order valence-electron chi connectivity index (χ0n) is 11.9. The zero-order chi connectivity index (χ0) is 14.9. The average Bonchev–Trinajstić information content (AvgIpc) is 2.99. The summed E-state index contributed by atoms with van der Waals surface area (Å²) >= 11 is 1.39. The minimum absolute atomic E-state index is 0.187. The normalized spacial score (nSPS) is 10.7. The summed E-state index contributed by atoms with van der Waals surface area (Å²) in [5, 5.41) is 5.11. The van der Waals surface area contributed by atoms with Gasteiger partial charge in [-0.3, -0.25) is 10.1 Å². The standard InChI is InChI=1S/C16H18N2O2S/c1-2-3-11-20-14-7-4-13(5-8-14)6-9-15(19)18-16-17-10-12-21-16/h4-10,12H,2-3,11H2,1H3,(H,17,18,19). The molecule has 1 amide bonds. The third-order valence-electron chi connectivity index (χ3n) is 2.74. The van der Waals surface area contributed by atoms with Gasteiger partial charge in [-0.1, -0.05) is 25.5 Å². The van der Waals surface area contributed by atoms with Crippen LogP contribution in [0.1, 0.15) is 25.3 Å². The van der Waals surface area contributed by atoms with Crippen molar-refractivity contribution in [1.29, 1.82) is 0 Å². The van der Waals surface area contributed by atoms with Crippen LogP contribution in [0.25, 0.3) is 6.08 Å². The monoisotopic (exact) mass is 302 g/mol. The van der Waals surface area contributed by atoms with E-state index in [0.29, 0.717) is 5.13 Å². The van der Waals surface area contributed by atoms with Gasteiger partial charge in [0.2, 0.25) is 5.91 Å². The third-order valence-corrected chi connectivity index (χ3v) is 3.42. The average molecular weight is 302 g/mol. The van der Waals surface area contributed by atoms with Crippen molar-refractivity contribution < 1.29 is 9.53 Å². The van der Waals surface area contributed by atoms with Gasteiger partial charge in [0.1, 0.15) is 5.75 Å². The van der Waals surface area contributed by atoms with E-state index in [1.807, 2.05) is 29.6 Å². The second kappa shape index (κ2) is 8.21. The molecule has 110 valence electrons. The molecule has 0 fully saturated rings. The quantitative estimate of drug-likeness (QED) is 0.622. The first-order valence-electron chi connectivity index (χ1n) is 6.89. The predicted molar refractivity (Wildman–Crippen MR) is 86.6 cm³/mol. The molecule has 0 saturated heterocycles. The molecule has 1 aromatic heterocycles. The van der Waals surface area contributed by atoms with Gasteiger partial charge in [-0.2, -0.15) is 0 Å². The molecule has 21 heavy (non-hydrogen) atoms. The summed E-state index contributed by atoms with van der Waals surface area (Å²) in [6.45, 7) is 2.87. The fourth-order valence-electron chi connectivity index (χ4n) is 1.61. The summed E-state index contributed by atoms with van der Waals surface area (Å²) in [6, 6.07) is 7.67. The van der Waals surface area contributed by atoms with Crippen LogP contribution in [-0.4, -0.2) is 17.5 Å². The first-order valence-corrected chi connectivity index (χ1v) is 7.77. The number of unbranched alkanes of at least 4 members (excludes halogenated alkanes) is 1. The van der Waals surface area contributed by atoms with Gasteiger partial charge in [-0.15, -0.1) is 11.3 Å². The first kappa shape index (κ1) is 15.3. The Kier molecular flexibility index (Phi) is 5.97. The van der Waals surface area contributed by atoms with E-state index in [1.165, 1.54) is 17.4 Å². The molecule has 0 aliphatic rings. The molecule has 1 N–H and O–H groups in total. The van der Waals surface area contributed by atoms with E-state index in [0.717, 1.165) is 30.8 Å². The third kappa shape index (κ3) is 5.39. The maximum Gasteiger partial charge on any atom is 0.250 e. The number of amides is 1. The van der Waals surface area contributed by atoms with E-state index in [2.05, 4.69) is 17.2 Å². The van der Waals surface area contributed by atoms with E-state index >= 15 is 0 Å². The van der Waals surface area contributed by atoms with Gasteiger partial charge in [0.05, 0.1) is 6.61 Å². The van der Waals surface area contributed by atoms with Gasteiger partial charge in [0.25, 0.3) is 0 Å². The van der Waals surface area contributed by atoms with Crippen LogP contribution in [0.4, 0.5) is 5.13 Å². The molecule has 0 bridgehead atoms. The largest absolute Gasteiger partial charge is 0.494 e. The molecule has 0 unspecified atom stereocenters. The molecule has 0 spiro atoms. The number of anilines is 1. The topological polar surface area (TPSA) is 51.2 Å². The molecule has 0 atom stereocenters. The van der Waals surface area contributed by atoms with Crippen molar-refractivity contribution in [3.63, 3.8) is 0 Å². The van der Waals surface area contributed by atoms with Crippen LogP contribution in [0, 0.1) is 0 Å². The highest BCUT2D eigenvalue weighted by molar-refractivity contribution is 7.13. The van der Waals surface area contributed by atoms with Gasteiger partial charge >= 0.3 is 0 Å². The number of hydrogen-bond acceptors (Lipinski definition) is 4. The highest BCUT2D eigenvalue weighted by Gasteiger charge is 1.99. The molecule has 0 aliphatic carbocycles. The Morgan fingerprint density at radius 2 is 2.19 bits per heavy atom. The molecular formula is C16H18N2O2S. The summed E-state index contributed by atoms with van der Waals surface area (Å²) < 4.78 is 5.59. The lowest BCUT2D eigenvalue weighted by atomic mass is 10.2. The lowest BCUT2D eigenvalue weighted by molar-refractivity contribution is -0.111. The molecule has 0 saturated carbocycles. The molecular weight excluding hydrogens is 284 g/mol. The molecule has 1 heterocycles. The highest BCUT2D eigenvalue weighted by atomic mass is 32.1. The van der Waals surface area contributed by atoms with Gasteiger partial charge in [0, 0.05) is 17.7 Å². The summed E-state index contributed by atoms with van der Waals surface area (Å²) in [6.07, 6.45) is 7.09. The van der Waals surface area contributed by atoms with E-state index in [4.69, 9.17) is 4.74 Å². The Bertz CT molecular complexity index is 577. The van der Waals surface area contributed by atoms with E-state index in [9.17, 15) is 4.79 Å². The molecule has 0 radical (unpaired) electrons. The van der Waals surface area contributed by atoms with E-state index in [1.54, 1.807) is 12.3 Å². The van der Waals surface area contributed by atoms with Crippen LogP contribution in [0.3, 0.4) is 0 Å². The maximum absolute atomic E-state index is 11.7. The predicted octanol–water partition coefficient (Wildman–Crippen LogP) is 3.97. The Morgan fingerprint density at radius 3 is 2.86 bits per heavy atom. The number of nitrogens with zero attached hydrogens (tertiary/aromatic N) is 1. The fraction of sp³-hybridized carbons (Fsp3) is 0.250. The van der Waals surface area contributed by atoms with Crippen molar-refractivity contribution >= 4 is 28.5 Å². The van der Waals surface area contributed by atoms with Crippen molar-refractivity contribution in [3.05, 3.63) is 47.5 Å². The summed E-state index contributed by atoms with van der Waals surface area (Å²) in [4.78, 5) is 15.7. The number of thiazole rings is 1. The lowest BCUT2D eigenvalue weighted by Crippen LogP contribution is -2.06. The van der Waals surface area contributed by atoms with Crippen molar-refractivity contribution in [1.82, 2.24) is 4.98 Å². The molecule has 2 aromatic rings. The number of aromatic nitrogens is 1. The van der Waals surface area contributed by atoms with Crippen molar-refractivity contribution in [2.75, 3.05) is 11.9 Å². The number of carbonyl (C=O) groups excluding carboxylic acids is 1. The molecule has 4 nitrogen and oxygen atoms in total. The number of rotatable bonds is 7. The first-order chi connectivity index (χ1) is 10.3. The highest BCUT2D eigenvalue weighted by Crippen LogP contribution is 2.14. The zero-order valence-corrected chi connectivity index (χ0v) is 12.7. The fourth-order valence-corrected chi connectivity index (χ4v) is 2.15. The molecule has 2 rings (SSSR count). The van der Waals surface area contributed by atoms with Crippen LogP contribution in [0.15, 0.2) is 41.9 Å². The number of hydrogen-bond donors (Lipinski definition) is 1. The Labute approximate surface area is 128 Å².